The average molecular weight is 264 g/mol. The summed E-state index contributed by atoms with van der Waals surface area (Å²) < 4.78 is 0. The van der Waals surface area contributed by atoms with Crippen LogP contribution in [0.2, 0.25) is 0 Å². The van der Waals surface area contributed by atoms with E-state index in [4.69, 9.17) is 0 Å². The minimum Gasteiger partial charge on any atom is -0.384 e. The van der Waals surface area contributed by atoms with E-state index >= 15 is 0 Å². The summed E-state index contributed by atoms with van der Waals surface area (Å²) in [5.74, 6) is 0. The van der Waals surface area contributed by atoms with Crippen molar-refractivity contribution in [2.24, 2.45) is 0 Å². The van der Waals surface area contributed by atoms with Crippen LogP contribution in [0.15, 0.2) is 54.6 Å². The first-order valence-corrected chi connectivity index (χ1v) is 7.45. The van der Waals surface area contributed by atoms with Crippen LogP contribution in [-0.4, -0.2) is 24.5 Å². The Morgan fingerprint density at radius 1 is 1.00 bits per heavy atom. The molecule has 0 amide bonds. The largest absolute Gasteiger partial charge is 0.384 e. The monoisotopic (exact) mass is 264 g/mol. The third kappa shape index (κ3) is 1.92. The molecular formula is C18H20N2. The van der Waals surface area contributed by atoms with Crippen molar-refractivity contribution in [3.05, 3.63) is 65.7 Å². The summed E-state index contributed by atoms with van der Waals surface area (Å²) in [5, 5.41) is 3.59. The van der Waals surface area contributed by atoms with Gasteiger partial charge in [-0.1, -0.05) is 48.5 Å². The van der Waals surface area contributed by atoms with Gasteiger partial charge < -0.3 is 5.32 Å². The lowest BCUT2D eigenvalue weighted by Crippen LogP contribution is -2.32. The molecule has 0 saturated carbocycles. The number of nitrogens with zero attached hydrogens (tertiary/aromatic N) is 1. The van der Waals surface area contributed by atoms with Crippen molar-refractivity contribution >= 4 is 5.69 Å². The molecule has 1 unspecified atom stereocenters. The molecule has 2 aliphatic rings. The molecule has 0 radical (unpaired) electrons. The van der Waals surface area contributed by atoms with Crippen molar-refractivity contribution in [1.29, 1.82) is 0 Å². The van der Waals surface area contributed by atoms with E-state index in [0.29, 0.717) is 5.41 Å². The van der Waals surface area contributed by atoms with Gasteiger partial charge in [-0.3, -0.25) is 4.90 Å². The molecule has 2 aliphatic heterocycles. The Bertz CT molecular complexity index is 608. The predicted octanol–water partition coefficient (Wildman–Crippen LogP) is 3.26. The van der Waals surface area contributed by atoms with Crippen molar-refractivity contribution in [2.75, 3.05) is 25.0 Å². The van der Waals surface area contributed by atoms with E-state index in [0.717, 1.165) is 13.1 Å². The van der Waals surface area contributed by atoms with Crippen LogP contribution in [0.25, 0.3) is 0 Å². The van der Waals surface area contributed by atoms with Gasteiger partial charge in [-0.15, -0.1) is 0 Å². The molecule has 2 aromatic rings. The molecule has 1 N–H and O–H groups in total. The first-order valence-electron chi connectivity index (χ1n) is 7.45. The Morgan fingerprint density at radius 2 is 1.80 bits per heavy atom. The van der Waals surface area contributed by atoms with Gasteiger partial charge in [0, 0.05) is 30.7 Å². The Morgan fingerprint density at radius 3 is 2.70 bits per heavy atom. The van der Waals surface area contributed by atoms with Crippen LogP contribution in [0.3, 0.4) is 0 Å². The van der Waals surface area contributed by atoms with Gasteiger partial charge in [0.25, 0.3) is 0 Å². The maximum Gasteiger partial charge on any atom is 0.0379 e. The van der Waals surface area contributed by atoms with E-state index in [-0.39, 0.29) is 0 Å². The fourth-order valence-electron chi connectivity index (χ4n) is 3.76. The molecule has 1 spiro atoms. The second kappa shape index (κ2) is 4.64. The number of benzene rings is 2. The zero-order valence-electron chi connectivity index (χ0n) is 11.7. The number of fused-ring (bicyclic) bond motifs is 2. The zero-order chi connectivity index (χ0) is 13.4. The highest BCUT2D eigenvalue weighted by molar-refractivity contribution is 5.60. The lowest BCUT2D eigenvalue weighted by Gasteiger charge is -2.24. The fraction of sp³-hybridized carbons (Fsp3) is 0.333. The summed E-state index contributed by atoms with van der Waals surface area (Å²) >= 11 is 0. The molecule has 0 aromatic heterocycles. The van der Waals surface area contributed by atoms with Crippen molar-refractivity contribution in [3.63, 3.8) is 0 Å². The quantitative estimate of drug-likeness (QED) is 0.895. The van der Waals surface area contributed by atoms with Crippen LogP contribution < -0.4 is 5.32 Å². The summed E-state index contributed by atoms with van der Waals surface area (Å²) in [6.07, 6.45) is 1.27. The third-order valence-electron chi connectivity index (χ3n) is 4.80. The maximum atomic E-state index is 3.59. The minimum absolute atomic E-state index is 0.339. The Kier molecular flexibility index (Phi) is 2.78. The number of para-hydroxylation sites is 1. The highest BCUT2D eigenvalue weighted by Crippen LogP contribution is 2.43. The van der Waals surface area contributed by atoms with Gasteiger partial charge in [-0.2, -0.15) is 0 Å². The van der Waals surface area contributed by atoms with E-state index in [1.54, 1.807) is 0 Å². The van der Waals surface area contributed by atoms with Crippen LogP contribution in [0.5, 0.6) is 0 Å². The molecular weight excluding hydrogens is 244 g/mol. The van der Waals surface area contributed by atoms with Gasteiger partial charge in [0.05, 0.1) is 0 Å². The highest BCUT2D eigenvalue weighted by Gasteiger charge is 2.43. The summed E-state index contributed by atoms with van der Waals surface area (Å²) in [6.45, 7) is 4.54. The van der Waals surface area contributed by atoms with Gasteiger partial charge in [0.15, 0.2) is 0 Å². The van der Waals surface area contributed by atoms with Crippen molar-refractivity contribution in [2.45, 2.75) is 18.4 Å². The second-order valence-corrected chi connectivity index (χ2v) is 6.13. The van der Waals surface area contributed by atoms with Crippen LogP contribution >= 0.6 is 0 Å². The molecule has 1 fully saturated rings. The number of nitrogens with one attached hydrogen (secondary N) is 1. The van der Waals surface area contributed by atoms with E-state index in [1.807, 2.05) is 0 Å². The van der Waals surface area contributed by atoms with E-state index in [9.17, 15) is 0 Å². The number of hydrogen-bond donors (Lipinski definition) is 1. The van der Waals surface area contributed by atoms with E-state index in [1.165, 1.54) is 36.3 Å². The highest BCUT2D eigenvalue weighted by atomic mass is 15.2. The zero-order valence-corrected chi connectivity index (χ0v) is 11.7. The first-order chi connectivity index (χ1) is 9.86. The van der Waals surface area contributed by atoms with Crippen molar-refractivity contribution in [3.8, 4) is 0 Å². The lowest BCUT2D eigenvalue weighted by molar-refractivity contribution is 0.309. The summed E-state index contributed by atoms with van der Waals surface area (Å²) in [7, 11) is 0. The van der Waals surface area contributed by atoms with Gasteiger partial charge >= 0.3 is 0 Å². The molecule has 102 valence electrons. The number of anilines is 1. The molecule has 4 rings (SSSR count). The first kappa shape index (κ1) is 12.0. The van der Waals surface area contributed by atoms with Crippen LogP contribution in [0, 0.1) is 0 Å². The number of likely N-dealkylation sites (tertiary alicyclic amines) is 1. The minimum atomic E-state index is 0.339. The van der Waals surface area contributed by atoms with E-state index < -0.39 is 0 Å². The van der Waals surface area contributed by atoms with Gasteiger partial charge in [0.2, 0.25) is 0 Å². The van der Waals surface area contributed by atoms with Crippen molar-refractivity contribution < 1.29 is 0 Å². The van der Waals surface area contributed by atoms with Gasteiger partial charge in [0.1, 0.15) is 0 Å². The molecule has 1 saturated heterocycles. The van der Waals surface area contributed by atoms with Gasteiger partial charge in [-0.25, -0.2) is 0 Å². The molecule has 2 aromatic carbocycles. The molecule has 0 aliphatic carbocycles. The SMILES string of the molecule is c1ccc(CN2CCC3(CNc4ccccc43)C2)cc1. The average Bonchev–Trinajstić information content (AvgIpc) is 3.07. The Balaban J connectivity index is 1.54. The number of hydrogen-bond acceptors (Lipinski definition) is 2. The van der Waals surface area contributed by atoms with Crippen LogP contribution in [0.1, 0.15) is 17.5 Å². The topological polar surface area (TPSA) is 15.3 Å². The Labute approximate surface area is 120 Å². The summed E-state index contributed by atoms with van der Waals surface area (Å²) in [5.41, 5.74) is 4.62. The summed E-state index contributed by atoms with van der Waals surface area (Å²) in [4.78, 5) is 2.60. The van der Waals surface area contributed by atoms with Crippen molar-refractivity contribution in [1.82, 2.24) is 4.90 Å². The normalized spacial score (nSPS) is 24.8. The van der Waals surface area contributed by atoms with Gasteiger partial charge in [-0.05, 0) is 30.2 Å². The molecule has 2 heterocycles. The fourth-order valence-corrected chi connectivity index (χ4v) is 3.76. The lowest BCUT2D eigenvalue weighted by atomic mass is 9.82. The van der Waals surface area contributed by atoms with Crippen LogP contribution in [-0.2, 0) is 12.0 Å². The standard InChI is InChI=1S/C18H20N2/c1-2-6-15(7-3-1)12-20-11-10-18(14-20)13-19-17-9-5-4-8-16(17)18/h1-9,19H,10-14H2. The van der Waals surface area contributed by atoms with E-state index in [2.05, 4.69) is 64.8 Å². The third-order valence-corrected chi connectivity index (χ3v) is 4.80. The summed E-state index contributed by atoms with van der Waals surface area (Å²) in [6, 6.07) is 19.6. The predicted molar refractivity (Wildman–Crippen MR) is 82.9 cm³/mol. The number of rotatable bonds is 2. The molecule has 20 heavy (non-hydrogen) atoms. The Hall–Kier alpha value is -1.80. The second-order valence-electron chi connectivity index (χ2n) is 6.13. The maximum absolute atomic E-state index is 3.59. The molecule has 2 nitrogen and oxygen atoms in total. The smallest absolute Gasteiger partial charge is 0.0379 e. The molecule has 2 heteroatoms. The molecule has 1 atom stereocenters. The molecule has 0 bridgehead atoms. The van der Waals surface area contributed by atoms with Crippen LogP contribution in [0.4, 0.5) is 5.69 Å².